The van der Waals surface area contributed by atoms with Gasteiger partial charge in [-0.05, 0) is 90.3 Å². The molecular formula is C31H28N4O6. The molecule has 10 nitrogen and oxygen atoms in total. The molecule has 0 spiro atoms. The van der Waals surface area contributed by atoms with Crippen molar-refractivity contribution in [3.8, 4) is 23.0 Å². The highest BCUT2D eigenvalue weighted by Gasteiger charge is 2.08. The summed E-state index contributed by atoms with van der Waals surface area (Å²) in [6.45, 7) is 0. The fourth-order valence-electron chi connectivity index (χ4n) is 3.81. The first-order valence-corrected chi connectivity index (χ1v) is 12.4. The first-order valence-electron chi connectivity index (χ1n) is 12.4. The van der Waals surface area contributed by atoms with E-state index in [9.17, 15) is 19.8 Å². The van der Waals surface area contributed by atoms with Gasteiger partial charge in [0.05, 0.1) is 26.6 Å². The van der Waals surface area contributed by atoms with Crippen LogP contribution in [0.5, 0.6) is 23.0 Å². The maximum absolute atomic E-state index is 12.3. The van der Waals surface area contributed by atoms with E-state index in [0.717, 1.165) is 11.1 Å². The summed E-state index contributed by atoms with van der Waals surface area (Å²) in [5, 5.41) is 28.5. The number of carbonyl (C=O) groups is 2. The van der Waals surface area contributed by atoms with Gasteiger partial charge >= 0.3 is 0 Å². The summed E-state index contributed by atoms with van der Waals surface area (Å²) in [6.07, 6.45) is 3.19. The molecular weight excluding hydrogens is 524 g/mol. The highest BCUT2D eigenvalue weighted by atomic mass is 16.5. The van der Waals surface area contributed by atoms with Crippen LogP contribution in [0, 0.1) is 0 Å². The van der Waals surface area contributed by atoms with E-state index in [1.807, 2.05) is 0 Å². The Hall–Kier alpha value is -5.64. The minimum Gasteiger partial charge on any atom is -0.507 e. The summed E-state index contributed by atoms with van der Waals surface area (Å²) < 4.78 is 10.2. The number of phenols is 2. The van der Waals surface area contributed by atoms with Gasteiger partial charge in [0.1, 0.15) is 23.0 Å². The Balaban J connectivity index is 1.39. The Bertz CT molecular complexity index is 1460. The molecule has 0 aliphatic heterocycles. The maximum atomic E-state index is 12.3. The Morgan fingerprint density at radius 1 is 0.659 bits per heavy atom. The van der Waals surface area contributed by atoms with Crippen molar-refractivity contribution in [2.24, 2.45) is 10.2 Å². The molecule has 10 heteroatoms. The largest absolute Gasteiger partial charge is 0.507 e. The third-order valence-electron chi connectivity index (χ3n) is 6.04. The molecule has 2 amide bonds. The van der Waals surface area contributed by atoms with E-state index in [4.69, 9.17) is 9.47 Å². The molecule has 4 N–H and O–H groups in total. The number of carbonyl (C=O) groups excluding carboxylic acids is 2. The van der Waals surface area contributed by atoms with Crippen molar-refractivity contribution in [3.05, 3.63) is 118 Å². The molecule has 41 heavy (non-hydrogen) atoms. The van der Waals surface area contributed by atoms with Gasteiger partial charge in [0.25, 0.3) is 11.8 Å². The zero-order valence-corrected chi connectivity index (χ0v) is 22.4. The molecule has 0 saturated carbocycles. The smallest absolute Gasteiger partial charge is 0.271 e. The molecule has 0 heterocycles. The van der Waals surface area contributed by atoms with E-state index in [1.165, 1.54) is 12.4 Å². The van der Waals surface area contributed by atoms with Crippen LogP contribution in [0.1, 0.15) is 43.0 Å². The number of phenolic OH excluding ortho intramolecular Hbond substituents is 2. The van der Waals surface area contributed by atoms with Crippen LogP contribution in [0.2, 0.25) is 0 Å². The second-order valence-electron chi connectivity index (χ2n) is 8.82. The fourth-order valence-corrected chi connectivity index (χ4v) is 3.81. The zero-order chi connectivity index (χ0) is 29.2. The molecule has 0 aromatic heterocycles. The van der Waals surface area contributed by atoms with Crippen LogP contribution < -0.4 is 20.3 Å². The summed E-state index contributed by atoms with van der Waals surface area (Å²) in [7, 11) is 3.09. The highest BCUT2D eigenvalue weighted by Crippen LogP contribution is 2.22. The Kier molecular flexibility index (Phi) is 9.29. The van der Waals surface area contributed by atoms with Crippen LogP contribution >= 0.6 is 0 Å². The number of hydrogen-bond donors (Lipinski definition) is 4. The van der Waals surface area contributed by atoms with Crippen molar-refractivity contribution in [2.45, 2.75) is 6.42 Å². The lowest BCUT2D eigenvalue weighted by Crippen LogP contribution is -2.17. The third kappa shape index (κ3) is 7.70. The van der Waals surface area contributed by atoms with Crippen LogP contribution in [0.4, 0.5) is 0 Å². The van der Waals surface area contributed by atoms with Gasteiger partial charge in [-0.3, -0.25) is 9.59 Å². The summed E-state index contributed by atoms with van der Waals surface area (Å²) in [5.74, 6) is 0.466. The van der Waals surface area contributed by atoms with Crippen molar-refractivity contribution < 1.29 is 29.3 Å². The molecule has 4 rings (SSSR count). The molecule has 0 fully saturated rings. The lowest BCUT2D eigenvalue weighted by molar-refractivity contribution is 0.0947. The average molecular weight is 553 g/mol. The maximum Gasteiger partial charge on any atom is 0.271 e. The first kappa shape index (κ1) is 28.4. The molecule has 0 aliphatic carbocycles. The van der Waals surface area contributed by atoms with Crippen molar-refractivity contribution in [1.29, 1.82) is 0 Å². The topological polar surface area (TPSA) is 142 Å². The van der Waals surface area contributed by atoms with Gasteiger partial charge in [0.2, 0.25) is 0 Å². The van der Waals surface area contributed by atoms with E-state index >= 15 is 0 Å². The Morgan fingerprint density at radius 3 is 1.41 bits per heavy atom. The van der Waals surface area contributed by atoms with E-state index in [1.54, 1.807) is 99.1 Å². The van der Waals surface area contributed by atoms with Gasteiger partial charge in [-0.1, -0.05) is 12.1 Å². The van der Waals surface area contributed by atoms with Crippen LogP contribution in [0.25, 0.3) is 0 Å². The number of hydrazone groups is 2. The van der Waals surface area contributed by atoms with Crippen LogP contribution in [-0.2, 0) is 6.42 Å². The van der Waals surface area contributed by atoms with E-state index in [-0.39, 0.29) is 11.5 Å². The first-order chi connectivity index (χ1) is 19.9. The SMILES string of the molecule is COc1ccc(C(=O)N/N=C/c2cc(Cc3ccc(O)c(/C=N/NC(=O)c4ccc(OC)cc4)c3)ccc2O)cc1. The summed E-state index contributed by atoms with van der Waals surface area (Å²) in [4.78, 5) is 24.6. The quantitative estimate of drug-likeness (QED) is 0.171. The molecule has 0 saturated heterocycles. The fraction of sp³-hybridized carbons (Fsp3) is 0.0968. The predicted octanol–water partition coefficient (Wildman–Crippen LogP) is 4.23. The molecule has 0 unspecified atom stereocenters. The molecule has 0 aliphatic rings. The number of amides is 2. The summed E-state index contributed by atoms with van der Waals surface area (Å²) >= 11 is 0. The van der Waals surface area contributed by atoms with Crippen LogP contribution in [0.15, 0.2) is 95.1 Å². The number of hydrogen-bond acceptors (Lipinski definition) is 8. The number of nitrogens with one attached hydrogen (secondary N) is 2. The van der Waals surface area contributed by atoms with Gasteiger partial charge in [-0.2, -0.15) is 10.2 Å². The second kappa shape index (κ2) is 13.4. The van der Waals surface area contributed by atoms with Gasteiger partial charge in [-0.25, -0.2) is 10.9 Å². The monoisotopic (exact) mass is 552 g/mol. The Labute approximate surface area is 236 Å². The molecule has 208 valence electrons. The number of benzene rings is 4. The normalized spacial score (nSPS) is 11.0. The standard InChI is InChI=1S/C31H28N4O6/c1-40-26-9-5-22(6-10-26)30(38)34-32-18-24-16-20(3-13-28(24)36)15-21-4-14-29(37)25(17-21)19-33-35-31(39)23-7-11-27(41-2)12-8-23/h3-14,16-19,36-37H,15H2,1-2H3,(H,34,38)(H,35,39)/b32-18+,33-19+. The van der Waals surface area contributed by atoms with Gasteiger partial charge in [0.15, 0.2) is 0 Å². The lowest BCUT2D eigenvalue weighted by atomic mass is 10.0. The Morgan fingerprint density at radius 2 is 1.05 bits per heavy atom. The number of nitrogens with zero attached hydrogens (tertiary/aromatic N) is 2. The van der Waals surface area contributed by atoms with E-state index < -0.39 is 11.8 Å². The third-order valence-corrected chi connectivity index (χ3v) is 6.04. The van der Waals surface area contributed by atoms with Crippen molar-refractivity contribution in [1.82, 2.24) is 10.9 Å². The van der Waals surface area contributed by atoms with E-state index in [2.05, 4.69) is 21.1 Å². The lowest BCUT2D eigenvalue weighted by Gasteiger charge is -2.07. The molecule has 4 aromatic carbocycles. The van der Waals surface area contributed by atoms with Crippen LogP contribution in [0.3, 0.4) is 0 Å². The van der Waals surface area contributed by atoms with Gasteiger partial charge in [0, 0.05) is 22.3 Å². The molecule has 0 atom stereocenters. The van der Waals surface area contributed by atoms with Crippen molar-refractivity contribution in [3.63, 3.8) is 0 Å². The van der Waals surface area contributed by atoms with Crippen molar-refractivity contribution >= 4 is 24.2 Å². The predicted molar refractivity (Wildman–Crippen MR) is 155 cm³/mol. The second-order valence-corrected chi connectivity index (χ2v) is 8.82. The highest BCUT2D eigenvalue weighted by molar-refractivity contribution is 5.96. The van der Waals surface area contributed by atoms with E-state index in [0.29, 0.717) is 40.2 Å². The van der Waals surface area contributed by atoms with Gasteiger partial charge in [-0.15, -0.1) is 0 Å². The number of aromatic hydroxyl groups is 2. The van der Waals surface area contributed by atoms with Crippen LogP contribution in [-0.4, -0.2) is 48.7 Å². The van der Waals surface area contributed by atoms with Crippen molar-refractivity contribution in [2.75, 3.05) is 14.2 Å². The number of ether oxygens (including phenoxy) is 2. The minimum absolute atomic E-state index is 0.00215. The minimum atomic E-state index is -0.405. The zero-order valence-electron chi connectivity index (χ0n) is 22.4. The van der Waals surface area contributed by atoms with Gasteiger partial charge < -0.3 is 19.7 Å². The average Bonchev–Trinajstić information content (AvgIpc) is 3.00. The molecule has 0 radical (unpaired) electrons. The molecule has 0 bridgehead atoms. The number of methoxy groups -OCH3 is 2. The summed E-state index contributed by atoms with van der Waals surface area (Å²) in [6, 6.07) is 23.3. The number of rotatable bonds is 10. The molecule has 4 aromatic rings. The summed E-state index contributed by atoms with van der Waals surface area (Å²) in [5.41, 5.74) is 8.24.